The molecule has 0 saturated carbocycles. The largest absolute Gasteiger partial charge is 0.358 e. The van der Waals surface area contributed by atoms with Crippen molar-refractivity contribution in [1.29, 1.82) is 0 Å². The average Bonchev–Trinajstić information content (AvgIpc) is 2.62. The Morgan fingerprint density at radius 3 is 2.81 bits per heavy atom. The number of hydrogen-bond acceptors (Lipinski definition) is 6. The third-order valence-corrected chi connectivity index (χ3v) is 2.88. The van der Waals surface area contributed by atoms with Crippen LogP contribution in [0, 0.1) is 10.1 Å². The molecule has 0 aromatic heterocycles. The van der Waals surface area contributed by atoms with E-state index >= 15 is 0 Å². The highest BCUT2D eigenvalue weighted by molar-refractivity contribution is 5.06. The van der Waals surface area contributed by atoms with Crippen LogP contribution in [0.4, 0.5) is 0 Å². The van der Waals surface area contributed by atoms with E-state index in [2.05, 4.69) is 20.9 Å². The van der Waals surface area contributed by atoms with Crippen LogP contribution in [0.5, 0.6) is 0 Å². The van der Waals surface area contributed by atoms with Gasteiger partial charge in [0.1, 0.15) is 0 Å². The third-order valence-electron chi connectivity index (χ3n) is 2.88. The van der Waals surface area contributed by atoms with Crippen molar-refractivity contribution in [2.75, 3.05) is 32.7 Å². The maximum atomic E-state index is 10.6. The molecule has 1 fully saturated rings. The van der Waals surface area contributed by atoms with E-state index in [1.807, 2.05) is 6.92 Å². The summed E-state index contributed by atoms with van der Waals surface area (Å²) in [5.74, 6) is 0.0395. The summed E-state index contributed by atoms with van der Waals surface area (Å²) in [7, 11) is 0. The number of rotatable bonds is 3. The Labute approximate surface area is 94.0 Å². The summed E-state index contributed by atoms with van der Waals surface area (Å²) in [5.41, 5.74) is -0.431. The highest BCUT2D eigenvalue weighted by atomic mass is 16.6. The molecule has 0 radical (unpaired) electrons. The second kappa shape index (κ2) is 4.26. The second-order valence-corrected chi connectivity index (χ2v) is 4.41. The summed E-state index contributed by atoms with van der Waals surface area (Å²) in [6, 6.07) is 0. The lowest BCUT2D eigenvalue weighted by Gasteiger charge is -2.33. The predicted octanol–water partition coefficient (Wildman–Crippen LogP) is -1.12. The minimum atomic E-state index is -0.431. The minimum absolute atomic E-state index is 0.0395. The summed E-state index contributed by atoms with van der Waals surface area (Å²) in [4.78, 5) is 12.5. The monoisotopic (exact) mass is 227 g/mol. The van der Waals surface area contributed by atoms with E-state index in [1.54, 1.807) is 0 Å². The van der Waals surface area contributed by atoms with E-state index < -0.39 is 10.6 Å². The van der Waals surface area contributed by atoms with E-state index in [-0.39, 0.29) is 5.82 Å². The van der Waals surface area contributed by atoms with Gasteiger partial charge in [-0.3, -0.25) is 4.90 Å². The first-order chi connectivity index (χ1) is 7.59. The zero-order valence-electron chi connectivity index (χ0n) is 9.32. The Morgan fingerprint density at radius 2 is 2.25 bits per heavy atom. The Balaban J connectivity index is 1.88. The highest BCUT2D eigenvalue weighted by Crippen LogP contribution is 2.12. The van der Waals surface area contributed by atoms with Crippen molar-refractivity contribution in [3.8, 4) is 0 Å². The molecule has 0 spiro atoms. The molecule has 3 N–H and O–H groups in total. The minimum Gasteiger partial charge on any atom is -0.358 e. The lowest BCUT2D eigenvalue weighted by molar-refractivity contribution is -0.431. The summed E-state index contributed by atoms with van der Waals surface area (Å²) in [6.45, 7) is 6.60. The summed E-state index contributed by atoms with van der Waals surface area (Å²) in [6.07, 6.45) is 1.43. The number of nitro groups is 1. The lowest BCUT2D eigenvalue weighted by Crippen LogP contribution is -2.58. The molecule has 1 atom stereocenters. The molecule has 7 nitrogen and oxygen atoms in total. The number of nitrogens with zero attached hydrogens (tertiary/aromatic N) is 2. The van der Waals surface area contributed by atoms with Crippen LogP contribution in [0.3, 0.4) is 0 Å². The lowest BCUT2D eigenvalue weighted by atomic mass is 10.2. The van der Waals surface area contributed by atoms with Crippen molar-refractivity contribution in [3.63, 3.8) is 0 Å². The van der Waals surface area contributed by atoms with Gasteiger partial charge in [-0.15, -0.1) is 0 Å². The topological polar surface area (TPSA) is 82.5 Å². The van der Waals surface area contributed by atoms with E-state index in [9.17, 15) is 10.1 Å². The molecule has 2 aliphatic heterocycles. The first kappa shape index (κ1) is 11.2. The molecule has 90 valence electrons. The van der Waals surface area contributed by atoms with Crippen molar-refractivity contribution in [1.82, 2.24) is 20.9 Å². The number of nitrogens with one attached hydrogen (secondary N) is 3. The fourth-order valence-electron chi connectivity index (χ4n) is 2.08. The molecule has 1 saturated heterocycles. The van der Waals surface area contributed by atoms with E-state index in [0.717, 1.165) is 32.7 Å². The van der Waals surface area contributed by atoms with Gasteiger partial charge in [0.2, 0.25) is 0 Å². The molecule has 16 heavy (non-hydrogen) atoms. The van der Waals surface area contributed by atoms with E-state index in [0.29, 0.717) is 0 Å². The van der Waals surface area contributed by atoms with Crippen LogP contribution in [0.15, 0.2) is 12.0 Å². The van der Waals surface area contributed by atoms with Crippen LogP contribution in [0.2, 0.25) is 0 Å². The van der Waals surface area contributed by atoms with Gasteiger partial charge in [0, 0.05) is 26.2 Å². The Kier molecular flexibility index (Phi) is 2.97. The highest BCUT2D eigenvalue weighted by Gasteiger charge is 2.37. The first-order valence-electron chi connectivity index (χ1n) is 5.43. The average molecular weight is 227 g/mol. The normalized spacial score (nSPS) is 30.4. The van der Waals surface area contributed by atoms with Gasteiger partial charge in [-0.2, -0.15) is 0 Å². The number of piperazine rings is 1. The smallest absolute Gasteiger partial charge is 0.333 e. The molecular formula is C9H17N5O2. The second-order valence-electron chi connectivity index (χ2n) is 4.41. The van der Waals surface area contributed by atoms with Gasteiger partial charge in [-0.25, -0.2) is 5.32 Å². The molecule has 2 heterocycles. The third kappa shape index (κ3) is 2.42. The van der Waals surface area contributed by atoms with Gasteiger partial charge >= 0.3 is 5.82 Å². The van der Waals surface area contributed by atoms with Gasteiger partial charge in [0.15, 0.2) is 5.66 Å². The van der Waals surface area contributed by atoms with Crippen molar-refractivity contribution in [2.24, 2.45) is 0 Å². The molecular weight excluding hydrogens is 210 g/mol. The maximum absolute atomic E-state index is 10.6. The van der Waals surface area contributed by atoms with Crippen LogP contribution in [-0.4, -0.2) is 48.2 Å². The summed E-state index contributed by atoms with van der Waals surface area (Å²) in [5, 5.41) is 19.8. The quantitative estimate of drug-likeness (QED) is 0.418. The zero-order chi connectivity index (χ0) is 11.6. The molecule has 7 heteroatoms. The molecule has 2 aliphatic rings. The van der Waals surface area contributed by atoms with Gasteiger partial charge in [-0.1, -0.05) is 0 Å². The van der Waals surface area contributed by atoms with Gasteiger partial charge in [0.25, 0.3) is 0 Å². The van der Waals surface area contributed by atoms with Crippen LogP contribution < -0.4 is 16.0 Å². The van der Waals surface area contributed by atoms with Crippen molar-refractivity contribution in [3.05, 3.63) is 22.1 Å². The van der Waals surface area contributed by atoms with Crippen LogP contribution in [-0.2, 0) is 0 Å². The van der Waals surface area contributed by atoms with E-state index in [4.69, 9.17) is 0 Å². The van der Waals surface area contributed by atoms with Crippen molar-refractivity contribution < 1.29 is 4.92 Å². The molecule has 0 aromatic carbocycles. The zero-order valence-corrected chi connectivity index (χ0v) is 9.32. The summed E-state index contributed by atoms with van der Waals surface area (Å²) < 4.78 is 0. The number of hydrogen-bond donors (Lipinski definition) is 3. The van der Waals surface area contributed by atoms with Crippen molar-refractivity contribution in [2.45, 2.75) is 12.6 Å². The van der Waals surface area contributed by atoms with Crippen LogP contribution in [0.25, 0.3) is 0 Å². The fourth-order valence-corrected chi connectivity index (χ4v) is 2.08. The van der Waals surface area contributed by atoms with Gasteiger partial charge in [0.05, 0.1) is 12.7 Å². The molecule has 1 unspecified atom stereocenters. The first-order valence-corrected chi connectivity index (χ1v) is 5.43. The standard InChI is InChI=1S/C9H17N5O2/c1-9(7-13-4-2-10-3-5-13)11-6-8(12-9)14(15)16/h6,10-12H,2-5,7H2,1H3. The Morgan fingerprint density at radius 1 is 1.56 bits per heavy atom. The van der Waals surface area contributed by atoms with Crippen LogP contribution >= 0.6 is 0 Å². The predicted molar refractivity (Wildman–Crippen MR) is 59.1 cm³/mol. The molecule has 0 aliphatic carbocycles. The SMILES string of the molecule is CC1(CN2CCNCC2)NC=C([N+](=O)[O-])N1. The molecule has 0 bridgehead atoms. The fraction of sp³-hybridized carbons (Fsp3) is 0.778. The Bertz CT molecular complexity index is 313. The van der Waals surface area contributed by atoms with Gasteiger partial charge < -0.3 is 20.7 Å². The van der Waals surface area contributed by atoms with Crippen molar-refractivity contribution >= 4 is 0 Å². The van der Waals surface area contributed by atoms with E-state index in [1.165, 1.54) is 6.20 Å². The molecule has 0 aromatic rings. The maximum Gasteiger partial charge on any atom is 0.333 e. The van der Waals surface area contributed by atoms with Gasteiger partial charge in [-0.05, 0) is 11.8 Å². The van der Waals surface area contributed by atoms with Crippen LogP contribution in [0.1, 0.15) is 6.92 Å². The summed E-state index contributed by atoms with van der Waals surface area (Å²) >= 11 is 0. The molecule has 2 rings (SSSR count). The molecule has 0 amide bonds. The Hall–Kier alpha value is -1.34.